The molecule has 0 bridgehead atoms. The summed E-state index contributed by atoms with van der Waals surface area (Å²) < 4.78 is 5.73. The van der Waals surface area contributed by atoms with Crippen LogP contribution in [0.5, 0.6) is 5.75 Å². The van der Waals surface area contributed by atoms with Gasteiger partial charge in [0, 0.05) is 16.8 Å². The SMILES string of the molecule is CCN(CC)CC.O=C(Oc1c(Cc2ccc(Cl)cc2)nc2c3c(ccc2c1C(=O)O)CCCC3)c1cccs1. The zero-order chi connectivity index (χ0) is 28.6. The van der Waals surface area contributed by atoms with Gasteiger partial charge >= 0.3 is 11.9 Å². The maximum absolute atomic E-state index is 12.8. The van der Waals surface area contributed by atoms with Crippen LogP contribution in [0.1, 0.15) is 76.0 Å². The first-order valence-electron chi connectivity index (χ1n) is 13.8. The van der Waals surface area contributed by atoms with Crippen LogP contribution < -0.4 is 4.74 Å². The molecule has 0 radical (unpaired) electrons. The highest BCUT2D eigenvalue weighted by Gasteiger charge is 2.27. The molecular weight excluding hydrogens is 544 g/mol. The average molecular weight is 579 g/mol. The van der Waals surface area contributed by atoms with Crippen LogP contribution in [0.15, 0.2) is 53.9 Å². The van der Waals surface area contributed by atoms with Crippen LogP contribution >= 0.6 is 22.9 Å². The number of esters is 1. The van der Waals surface area contributed by atoms with E-state index >= 15 is 0 Å². The predicted octanol–water partition coefficient (Wildman–Crippen LogP) is 7.68. The first kappa shape index (κ1) is 29.7. The minimum atomic E-state index is -1.15. The molecule has 0 amide bonds. The van der Waals surface area contributed by atoms with Crippen LogP contribution in [0.4, 0.5) is 0 Å². The summed E-state index contributed by atoms with van der Waals surface area (Å²) in [6, 6.07) is 14.4. The molecule has 0 fully saturated rings. The molecule has 0 atom stereocenters. The number of carboxylic acids is 1. The summed E-state index contributed by atoms with van der Waals surface area (Å²) in [6.07, 6.45) is 4.27. The van der Waals surface area contributed by atoms with Crippen LogP contribution in [0.3, 0.4) is 0 Å². The molecule has 2 heterocycles. The van der Waals surface area contributed by atoms with Gasteiger partial charge in [-0.2, -0.15) is 0 Å². The van der Waals surface area contributed by atoms with E-state index in [1.807, 2.05) is 18.2 Å². The van der Waals surface area contributed by atoms with E-state index in [1.54, 1.807) is 35.7 Å². The molecule has 0 saturated carbocycles. The quantitative estimate of drug-likeness (QED) is 0.216. The highest BCUT2D eigenvalue weighted by atomic mass is 35.5. The third-order valence-electron chi connectivity index (χ3n) is 7.27. The standard InChI is InChI=1S/C26H20ClNO4S.C6H15N/c27-17-10-7-15(8-11-17)14-20-24(32-26(31)21-6-3-13-33-21)22(25(29)30)19-12-9-16-4-1-2-5-18(16)23(19)28-20;1-4-7(5-2)6-3/h3,6-13H,1-2,4-5,14H2,(H,29,30);4-6H2,1-3H3. The van der Waals surface area contributed by atoms with Crippen molar-refractivity contribution in [2.24, 2.45) is 0 Å². The van der Waals surface area contributed by atoms with Gasteiger partial charge < -0.3 is 14.7 Å². The fourth-order valence-electron chi connectivity index (χ4n) is 5.04. The zero-order valence-corrected chi connectivity index (χ0v) is 24.8. The normalized spacial score (nSPS) is 12.5. The number of aromatic nitrogens is 1. The number of carboxylic acid groups (broad SMARTS) is 1. The lowest BCUT2D eigenvalue weighted by Gasteiger charge is -2.20. The Morgan fingerprint density at radius 1 is 1.00 bits per heavy atom. The fourth-order valence-corrected chi connectivity index (χ4v) is 5.76. The molecule has 210 valence electrons. The van der Waals surface area contributed by atoms with E-state index in [9.17, 15) is 14.7 Å². The Morgan fingerprint density at radius 2 is 1.70 bits per heavy atom. The molecule has 6 nitrogen and oxygen atoms in total. The van der Waals surface area contributed by atoms with E-state index in [0.29, 0.717) is 32.9 Å². The lowest BCUT2D eigenvalue weighted by Crippen LogP contribution is -2.21. The van der Waals surface area contributed by atoms with E-state index in [1.165, 1.54) is 36.5 Å². The number of benzene rings is 2. The maximum Gasteiger partial charge on any atom is 0.353 e. The number of aromatic carboxylic acids is 1. The van der Waals surface area contributed by atoms with Gasteiger partial charge in [0.15, 0.2) is 5.75 Å². The monoisotopic (exact) mass is 578 g/mol. The number of thiophene rings is 1. The fraction of sp³-hybridized carbons (Fsp3) is 0.344. The minimum absolute atomic E-state index is 0.000825. The smallest absolute Gasteiger partial charge is 0.353 e. The predicted molar refractivity (Wildman–Crippen MR) is 162 cm³/mol. The molecule has 5 rings (SSSR count). The highest BCUT2D eigenvalue weighted by Crippen LogP contribution is 2.37. The molecule has 8 heteroatoms. The Kier molecular flexibility index (Phi) is 10.3. The molecule has 2 aromatic heterocycles. The van der Waals surface area contributed by atoms with Crippen molar-refractivity contribution >= 4 is 45.8 Å². The number of halogens is 1. The minimum Gasteiger partial charge on any atom is -0.478 e. The number of nitrogens with zero attached hydrogens (tertiary/aromatic N) is 2. The van der Waals surface area contributed by atoms with Crippen molar-refractivity contribution in [1.29, 1.82) is 0 Å². The Balaban J connectivity index is 0.000000470. The van der Waals surface area contributed by atoms with E-state index in [2.05, 4.69) is 25.7 Å². The number of hydrogen-bond donors (Lipinski definition) is 1. The van der Waals surface area contributed by atoms with Crippen LogP contribution in [0.25, 0.3) is 10.9 Å². The molecule has 1 N–H and O–H groups in total. The molecule has 2 aromatic carbocycles. The number of carbonyl (C=O) groups is 2. The van der Waals surface area contributed by atoms with E-state index in [4.69, 9.17) is 21.3 Å². The second-order valence-corrected chi connectivity index (χ2v) is 11.0. The van der Waals surface area contributed by atoms with Gasteiger partial charge in [0.05, 0.1) is 11.2 Å². The lowest BCUT2D eigenvalue weighted by atomic mass is 9.88. The van der Waals surface area contributed by atoms with Crippen LogP contribution in [-0.2, 0) is 19.3 Å². The van der Waals surface area contributed by atoms with Gasteiger partial charge in [-0.25, -0.2) is 14.6 Å². The first-order chi connectivity index (χ1) is 19.4. The van der Waals surface area contributed by atoms with Crippen molar-refractivity contribution in [2.75, 3.05) is 19.6 Å². The zero-order valence-electron chi connectivity index (χ0n) is 23.2. The van der Waals surface area contributed by atoms with Gasteiger partial charge in [-0.05, 0) is 85.6 Å². The molecule has 4 aromatic rings. The Hall–Kier alpha value is -3.26. The van der Waals surface area contributed by atoms with Gasteiger partial charge in [0.1, 0.15) is 10.4 Å². The number of hydrogen-bond acceptors (Lipinski definition) is 6. The average Bonchev–Trinajstić information content (AvgIpc) is 3.51. The van der Waals surface area contributed by atoms with Gasteiger partial charge in [-0.3, -0.25) is 0 Å². The number of fused-ring (bicyclic) bond motifs is 3. The lowest BCUT2D eigenvalue weighted by molar-refractivity contribution is 0.0683. The van der Waals surface area contributed by atoms with Crippen molar-refractivity contribution in [3.05, 3.63) is 91.8 Å². The summed E-state index contributed by atoms with van der Waals surface area (Å²) in [7, 11) is 0. The third kappa shape index (κ3) is 6.89. The number of ether oxygens (including phenoxy) is 1. The summed E-state index contributed by atoms with van der Waals surface area (Å²) in [5.41, 5.74) is 4.27. The molecule has 0 aliphatic heterocycles. The van der Waals surface area contributed by atoms with Crippen molar-refractivity contribution < 1.29 is 19.4 Å². The summed E-state index contributed by atoms with van der Waals surface area (Å²) >= 11 is 7.28. The molecule has 40 heavy (non-hydrogen) atoms. The third-order valence-corrected chi connectivity index (χ3v) is 8.37. The van der Waals surface area contributed by atoms with Crippen LogP contribution in [-0.4, -0.2) is 46.6 Å². The molecular formula is C32H35ClN2O4S. The van der Waals surface area contributed by atoms with E-state index in [0.717, 1.165) is 36.8 Å². The van der Waals surface area contributed by atoms with Gasteiger partial charge in [0.25, 0.3) is 0 Å². The van der Waals surface area contributed by atoms with E-state index < -0.39 is 11.9 Å². The molecule has 1 aliphatic rings. The van der Waals surface area contributed by atoms with Crippen molar-refractivity contribution in [3.8, 4) is 5.75 Å². The van der Waals surface area contributed by atoms with Crippen molar-refractivity contribution in [3.63, 3.8) is 0 Å². The Labute approximate surface area is 244 Å². The highest BCUT2D eigenvalue weighted by molar-refractivity contribution is 7.12. The first-order valence-corrected chi connectivity index (χ1v) is 15.0. The molecule has 0 saturated heterocycles. The molecule has 1 aliphatic carbocycles. The van der Waals surface area contributed by atoms with Gasteiger partial charge in [-0.15, -0.1) is 11.3 Å². The topological polar surface area (TPSA) is 79.7 Å². The summed E-state index contributed by atoms with van der Waals surface area (Å²) in [6.45, 7) is 10.1. The summed E-state index contributed by atoms with van der Waals surface area (Å²) in [4.78, 5) is 33.0. The number of aryl methyl sites for hydroxylation is 2. The summed E-state index contributed by atoms with van der Waals surface area (Å²) in [5, 5.41) is 13.1. The summed E-state index contributed by atoms with van der Waals surface area (Å²) in [5.74, 6) is -1.74. The Morgan fingerprint density at radius 3 is 2.30 bits per heavy atom. The molecule has 0 unspecified atom stereocenters. The number of carbonyl (C=O) groups excluding carboxylic acids is 1. The van der Waals surface area contributed by atoms with Crippen LogP contribution in [0.2, 0.25) is 5.02 Å². The largest absolute Gasteiger partial charge is 0.478 e. The van der Waals surface area contributed by atoms with Gasteiger partial charge in [0.2, 0.25) is 0 Å². The Bertz CT molecular complexity index is 1460. The number of pyridine rings is 1. The number of rotatable bonds is 8. The second-order valence-electron chi connectivity index (χ2n) is 9.66. The van der Waals surface area contributed by atoms with Crippen molar-refractivity contribution in [2.45, 2.75) is 52.9 Å². The molecule has 0 spiro atoms. The van der Waals surface area contributed by atoms with Gasteiger partial charge in [-0.1, -0.05) is 62.7 Å². The van der Waals surface area contributed by atoms with E-state index in [-0.39, 0.29) is 11.3 Å². The van der Waals surface area contributed by atoms with Crippen molar-refractivity contribution in [1.82, 2.24) is 9.88 Å². The second kappa shape index (κ2) is 13.9. The maximum atomic E-state index is 12.8. The van der Waals surface area contributed by atoms with Crippen LogP contribution in [0, 0.1) is 0 Å².